The fraction of sp³-hybridized carbons (Fsp3) is 0.143. The monoisotopic (exact) mass is 260 g/mol. The van der Waals surface area contributed by atoms with Gasteiger partial charge in [0.15, 0.2) is 5.78 Å². The van der Waals surface area contributed by atoms with E-state index in [1.54, 1.807) is 24.4 Å². The second-order valence-corrected chi connectivity index (χ2v) is 4.39. The van der Waals surface area contributed by atoms with Crippen LogP contribution in [0.4, 0.5) is 5.69 Å². The fourth-order valence-electron chi connectivity index (χ4n) is 1.68. The summed E-state index contributed by atoms with van der Waals surface area (Å²) in [5.41, 5.74) is 7.57. The SMILES string of the molecule is Nc1ccc(Cl)c(C(=O)CCc2ccccn2)c1. The van der Waals surface area contributed by atoms with Gasteiger partial charge in [-0.2, -0.15) is 0 Å². The summed E-state index contributed by atoms with van der Waals surface area (Å²) in [7, 11) is 0. The van der Waals surface area contributed by atoms with Gasteiger partial charge in [-0.05, 0) is 36.8 Å². The van der Waals surface area contributed by atoms with Crippen molar-refractivity contribution in [2.24, 2.45) is 0 Å². The maximum absolute atomic E-state index is 12.0. The molecular weight excluding hydrogens is 248 g/mol. The minimum atomic E-state index is -0.0158. The number of nitrogens with two attached hydrogens (primary N) is 1. The van der Waals surface area contributed by atoms with Crippen LogP contribution in [0.5, 0.6) is 0 Å². The molecule has 0 aliphatic carbocycles. The van der Waals surface area contributed by atoms with Gasteiger partial charge in [-0.25, -0.2) is 0 Å². The maximum atomic E-state index is 12.0. The maximum Gasteiger partial charge on any atom is 0.164 e. The highest BCUT2D eigenvalue weighted by molar-refractivity contribution is 6.34. The Hall–Kier alpha value is -1.87. The molecule has 0 aliphatic rings. The largest absolute Gasteiger partial charge is 0.399 e. The second-order valence-electron chi connectivity index (χ2n) is 3.98. The van der Waals surface area contributed by atoms with Gasteiger partial charge in [0, 0.05) is 29.6 Å². The number of aryl methyl sites for hydroxylation is 1. The second kappa shape index (κ2) is 5.65. The van der Waals surface area contributed by atoms with Crippen molar-refractivity contribution in [1.29, 1.82) is 0 Å². The van der Waals surface area contributed by atoms with Crippen LogP contribution in [0.1, 0.15) is 22.5 Å². The van der Waals surface area contributed by atoms with Crippen molar-refractivity contribution in [3.63, 3.8) is 0 Å². The Labute approximate surface area is 111 Å². The molecular formula is C14H13ClN2O. The topological polar surface area (TPSA) is 56.0 Å². The van der Waals surface area contributed by atoms with Crippen LogP contribution in [0.15, 0.2) is 42.6 Å². The molecule has 1 heterocycles. The molecule has 92 valence electrons. The third kappa shape index (κ3) is 3.08. The smallest absolute Gasteiger partial charge is 0.164 e. The molecule has 0 bridgehead atoms. The highest BCUT2D eigenvalue weighted by Gasteiger charge is 2.11. The van der Waals surface area contributed by atoms with E-state index in [0.29, 0.717) is 29.1 Å². The average Bonchev–Trinajstić information content (AvgIpc) is 2.40. The van der Waals surface area contributed by atoms with Gasteiger partial charge in [-0.1, -0.05) is 17.7 Å². The first-order valence-electron chi connectivity index (χ1n) is 5.65. The number of hydrogen-bond donors (Lipinski definition) is 1. The highest BCUT2D eigenvalue weighted by Crippen LogP contribution is 2.20. The first-order valence-corrected chi connectivity index (χ1v) is 6.03. The van der Waals surface area contributed by atoms with E-state index in [4.69, 9.17) is 17.3 Å². The van der Waals surface area contributed by atoms with Crippen LogP contribution in [0.25, 0.3) is 0 Å². The first-order chi connectivity index (χ1) is 8.66. The van der Waals surface area contributed by atoms with Gasteiger partial charge in [-0.15, -0.1) is 0 Å². The van der Waals surface area contributed by atoms with Crippen molar-refractivity contribution >= 4 is 23.1 Å². The molecule has 0 saturated heterocycles. The van der Waals surface area contributed by atoms with E-state index in [2.05, 4.69) is 4.98 Å². The Kier molecular flexibility index (Phi) is 3.95. The molecule has 2 N–H and O–H groups in total. The van der Waals surface area contributed by atoms with E-state index >= 15 is 0 Å². The number of nitrogens with zero attached hydrogens (tertiary/aromatic N) is 1. The number of carbonyl (C=O) groups is 1. The molecule has 1 aromatic carbocycles. The van der Waals surface area contributed by atoms with Gasteiger partial charge in [0.05, 0.1) is 5.02 Å². The zero-order chi connectivity index (χ0) is 13.0. The van der Waals surface area contributed by atoms with E-state index in [-0.39, 0.29) is 5.78 Å². The van der Waals surface area contributed by atoms with Crippen LogP contribution >= 0.6 is 11.6 Å². The van der Waals surface area contributed by atoms with E-state index < -0.39 is 0 Å². The summed E-state index contributed by atoms with van der Waals surface area (Å²) in [6.45, 7) is 0. The Morgan fingerprint density at radius 3 is 2.83 bits per heavy atom. The van der Waals surface area contributed by atoms with Gasteiger partial charge in [0.1, 0.15) is 0 Å². The van der Waals surface area contributed by atoms with Crippen molar-refractivity contribution in [3.05, 3.63) is 58.9 Å². The van der Waals surface area contributed by atoms with Crippen LogP contribution < -0.4 is 5.73 Å². The van der Waals surface area contributed by atoms with Gasteiger partial charge in [-0.3, -0.25) is 9.78 Å². The van der Waals surface area contributed by atoms with Gasteiger partial charge < -0.3 is 5.73 Å². The lowest BCUT2D eigenvalue weighted by Crippen LogP contribution is -2.03. The number of aromatic nitrogens is 1. The summed E-state index contributed by atoms with van der Waals surface area (Å²) in [6.07, 6.45) is 2.69. The van der Waals surface area contributed by atoms with Crippen molar-refractivity contribution in [3.8, 4) is 0 Å². The lowest BCUT2D eigenvalue weighted by Gasteiger charge is -2.04. The molecule has 0 radical (unpaired) electrons. The first kappa shape index (κ1) is 12.6. The van der Waals surface area contributed by atoms with Crippen molar-refractivity contribution in [2.45, 2.75) is 12.8 Å². The number of carbonyl (C=O) groups excluding carboxylic acids is 1. The van der Waals surface area contributed by atoms with Crippen molar-refractivity contribution in [1.82, 2.24) is 4.98 Å². The number of halogens is 1. The molecule has 0 aliphatic heterocycles. The molecule has 2 aromatic rings. The minimum absolute atomic E-state index is 0.0158. The van der Waals surface area contributed by atoms with Crippen LogP contribution in [-0.4, -0.2) is 10.8 Å². The van der Waals surface area contributed by atoms with Crippen LogP contribution in [0, 0.1) is 0 Å². The predicted octanol–water partition coefficient (Wildman–Crippen LogP) is 3.13. The summed E-state index contributed by atoms with van der Waals surface area (Å²) >= 11 is 5.98. The molecule has 18 heavy (non-hydrogen) atoms. The van der Waals surface area contributed by atoms with Crippen LogP contribution in [0.2, 0.25) is 5.02 Å². The molecule has 2 rings (SSSR count). The van der Waals surface area contributed by atoms with E-state index in [1.807, 2.05) is 18.2 Å². The lowest BCUT2D eigenvalue weighted by atomic mass is 10.0. The zero-order valence-electron chi connectivity index (χ0n) is 9.77. The minimum Gasteiger partial charge on any atom is -0.399 e. The fourth-order valence-corrected chi connectivity index (χ4v) is 1.90. The third-order valence-electron chi connectivity index (χ3n) is 2.63. The average molecular weight is 261 g/mol. The van der Waals surface area contributed by atoms with Crippen molar-refractivity contribution in [2.75, 3.05) is 5.73 Å². The van der Waals surface area contributed by atoms with E-state index in [1.165, 1.54) is 0 Å². The van der Waals surface area contributed by atoms with E-state index in [9.17, 15) is 4.79 Å². The number of hydrogen-bond acceptors (Lipinski definition) is 3. The van der Waals surface area contributed by atoms with Gasteiger partial charge in [0.25, 0.3) is 0 Å². The molecule has 0 spiro atoms. The summed E-state index contributed by atoms with van der Waals surface area (Å²) in [4.78, 5) is 16.2. The van der Waals surface area contributed by atoms with Crippen LogP contribution in [0.3, 0.4) is 0 Å². The Bertz CT molecular complexity index is 555. The zero-order valence-corrected chi connectivity index (χ0v) is 10.5. The number of ketones is 1. The van der Waals surface area contributed by atoms with Crippen LogP contribution in [-0.2, 0) is 6.42 Å². The number of rotatable bonds is 4. The Morgan fingerprint density at radius 1 is 1.28 bits per heavy atom. The summed E-state index contributed by atoms with van der Waals surface area (Å²) in [5.74, 6) is -0.0158. The number of nitrogen functional groups attached to an aromatic ring is 1. The molecule has 0 fully saturated rings. The highest BCUT2D eigenvalue weighted by atomic mass is 35.5. The Morgan fingerprint density at radius 2 is 2.11 bits per heavy atom. The molecule has 4 heteroatoms. The van der Waals surface area contributed by atoms with E-state index in [0.717, 1.165) is 5.69 Å². The van der Waals surface area contributed by atoms with Crippen molar-refractivity contribution < 1.29 is 4.79 Å². The molecule has 1 aromatic heterocycles. The number of Topliss-reactive ketones (excluding diaryl/α,β-unsaturated/α-hetero) is 1. The van der Waals surface area contributed by atoms with Gasteiger partial charge in [0.2, 0.25) is 0 Å². The number of benzene rings is 1. The molecule has 0 atom stereocenters. The predicted molar refractivity (Wildman–Crippen MR) is 72.8 cm³/mol. The quantitative estimate of drug-likeness (QED) is 0.679. The lowest BCUT2D eigenvalue weighted by molar-refractivity contribution is 0.0982. The molecule has 0 saturated carbocycles. The van der Waals surface area contributed by atoms with Gasteiger partial charge >= 0.3 is 0 Å². The summed E-state index contributed by atoms with van der Waals surface area (Å²) < 4.78 is 0. The normalized spacial score (nSPS) is 10.3. The Balaban J connectivity index is 2.06. The molecule has 3 nitrogen and oxygen atoms in total. The molecule has 0 unspecified atom stereocenters. The third-order valence-corrected chi connectivity index (χ3v) is 2.95. The number of anilines is 1. The summed E-state index contributed by atoms with van der Waals surface area (Å²) in [6, 6.07) is 10.6. The summed E-state index contributed by atoms with van der Waals surface area (Å²) in [5, 5.41) is 0.440. The standard InChI is InChI=1S/C14H13ClN2O/c15-13-6-4-10(16)9-12(13)14(18)7-5-11-3-1-2-8-17-11/h1-4,6,8-9H,5,7,16H2. The molecule has 0 amide bonds. The number of pyridine rings is 1.